The third kappa shape index (κ3) is 5.97. The summed E-state index contributed by atoms with van der Waals surface area (Å²) >= 11 is 6.79. The number of allylic oxidation sites excluding steroid dienone is 1. The predicted molar refractivity (Wildman–Crippen MR) is 134 cm³/mol. The summed E-state index contributed by atoms with van der Waals surface area (Å²) in [5.41, 5.74) is 0.748. The van der Waals surface area contributed by atoms with Crippen molar-refractivity contribution < 1.29 is 4.43 Å². The van der Waals surface area contributed by atoms with Crippen LogP contribution in [0.1, 0.15) is 34.1 Å². The Balaban J connectivity index is 2.38. The van der Waals surface area contributed by atoms with Gasteiger partial charge < -0.3 is 4.43 Å². The van der Waals surface area contributed by atoms with E-state index in [0.29, 0.717) is 13.0 Å². The molecule has 0 heterocycles. The van der Waals surface area contributed by atoms with Gasteiger partial charge in [-0.2, -0.15) is 0 Å². The van der Waals surface area contributed by atoms with E-state index in [1.54, 1.807) is 6.92 Å². The summed E-state index contributed by atoms with van der Waals surface area (Å²) < 4.78 is 7.61. The van der Waals surface area contributed by atoms with Crippen LogP contribution in [0.5, 0.6) is 0 Å². The fraction of sp³-hybridized carbons (Fsp3) is 0.280. The number of hydrogen-bond donors (Lipinski definition) is 0. The lowest BCUT2D eigenvalue weighted by atomic mass is 10.2. The van der Waals surface area contributed by atoms with E-state index in [1.807, 2.05) is 0 Å². The fourth-order valence-corrected chi connectivity index (χ4v) is 8.38. The van der Waals surface area contributed by atoms with Crippen molar-refractivity contribution >= 4 is 50.6 Å². The monoisotopic (exact) mass is 528 g/mol. The minimum absolute atomic E-state index is 0.0270. The Hall–Kier alpha value is -1.56. The van der Waals surface area contributed by atoms with Crippen LogP contribution in [-0.4, -0.2) is 14.9 Å². The van der Waals surface area contributed by atoms with E-state index in [1.165, 1.54) is 10.4 Å². The van der Waals surface area contributed by atoms with Crippen molar-refractivity contribution in [2.45, 2.75) is 39.2 Å². The van der Waals surface area contributed by atoms with Gasteiger partial charge in [-0.1, -0.05) is 99.2 Å². The molecule has 0 atom stereocenters. The second kappa shape index (κ2) is 11.0. The van der Waals surface area contributed by atoms with Gasteiger partial charge >= 0.3 is 0 Å². The molecule has 0 aliphatic rings. The topological polar surface area (TPSA) is 9.23 Å². The molecule has 29 heavy (non-hydrogen) atoms. The van der Waals surface area contributed by atoms with Gasteiger partial charge in [0.1, 0.15) is 0 Å². The highest BCUT2D eigenvalue weighted by molar-refractivity contribution is 9.28. The summed E-state index contributed by atoms with van der Waals surface area (Å²) in [5, 5.41) is 2.54. The summed E-state index contributed by atoms with van der Waals surface area (Å²) in [6.45, 7) is 9.23. The molecule has 0 spiro atoms. The molecule has 0 fully saturated rings. The summed E-state index contributed by atoms with van der Waals surface area (Å²) in [4.78, 5) is 0. The first kappa shape index (κ1) is 23.7. The summed E-state index contributed by atoms with van der Waals surface area (Å²) in [6, 6.07) is 21.3. The van der Waals surface area contributed by atoms with E-state index < -0.39 is 8.32 Å². The molecular formula is C25H26Br2OSi. The second-order valence-electron chi connectivity index (χ2n) is 7.57. The molecular weight excluding hydrogens is 504 g/mol. The molecule has 0 aliphatic carbocycles. The Kier molecular flexibility index (Phi) is 8.99. The normalized spacial score (nSPS) is 11.0. The lowest BCUT2D eigenvalue weighted by Crippen LogP contribution is -2.66. The molecule has 0 aromatic heterocycles. The summed E-state index contributed by atoms with van der Waals surface area (Å²) in [6.07, 6.45) is 0.646. The van der Waals surface area contributed by atoms with Crippen LogP contribution < -0.4 is 10.4 Å². The standard InChI is InChI=1S/C25H26Br2OSi/c1-5-14-21(24(26)27)15-12-13-20-28-29(25(2,3)4,22-16-8-6-9-17-22)23-18-10-7-11-19-23/h6-11,16-19H,13,20H2,1-4H3. The average Bonchev–Trinajstić information content (AvgIpc) is 2.70. The fourth-order valence-electron chi connectivity index (χ4n) is 3.42. The van der Waals surface area contributed by atoms with E-state index in [-0.39, 0.29) is 5.04 Å². The Morgan fingerprint density at radius 1 is 0.897 bits per heavy atom. The Bertz CT molecular complexity index is 909. The van der Waals surface area contributed by atoms with Crippen molar-refractivity contribution in [3.8, 4) is 23.7 Å². The molecule has 2 aromatic rings. The van der Waals surface area contributed by atoms with Crippen LogP contribution in [-0.2, 0) is 4.43 Å². The van der Waals surface area contributed by atoms with Crippen LogP contribution in [0.4, 0.5) is 0 Å². The first-order valence-corrected chi connectivity index (χ1v) is 13.0. The molecule has 0 aliphatic heterocycles. The van der Waals surface area contributed by atoms with Crippen molar-refractivity contribution in [2.75, 3.05) is 6.61 Å². The van der Waals surface area contributed by atoms with Crippen molar-refractivity contribution in [3.05, 3.63) is 69.6 Å². The van der Waals surface area contributed by atoms with E-state index >= 15 is 0 Å². The predicted octanol–water partition coefficient (Wildman–Crippen LogP) is 5.98. The van der Waals surface area contributed by atoms with Gasteiger partial charge in [0, 0.05) is 13.0 Å². The molecule has 0 unspecified atom stereocenters. The minimum Gasteiger partial charge on any atom is -0.406 e. The number of hydrogen-bond acceptors (Lipinski definition) is 1. The van der Waals surface area contributed by atoms with Crippen LogP contribution in [0.2, 0.25) is 5.04 Å². The molecule has 0 amide bonds. The van der Waals surface area contributed by atoms with E-state index in [2.05, 4.69) is 137 Å². The van der Waals surface area contributed by atoms with Crippen molar-refractivity contribution in [3.63, 3.8) is 0 Å². The van der Waals surface area contributed by atoms with Crippen LogP contribution in [0, 0.1) is 23.7 Å². The molecule has 0 radical (unpaired) electrons. The molecule has 0 bridgehead atoms. The van der Waals surface area contributed by atoms with Crippen LogP contribution in [0.15, 0.2) is 69.6 Å². The zero-order valence-electron chi connectivity index (χ0n) is 17.4. The van der Waals surface area contributed by atoms with Crippen molar-refractivity contribution in [2.24, 2.45) is 0 Å². The maximum absolute atomic E-state index is 6.83. The third-order valence-corrected chi connectivity index (χ3v) is 10.5. The summed E-state index contributed by atoms with van der Waals surface area (Å²) in [5.74, 6) is 12.2. The van der Waals surface area contributed by atoms with E-state index in [4.69, 9.17) is 4.43 Å². The van der Waals surface area contributed by atoms with Crippen LogP contribution >= 0.6 is 31.9 Å². The Morgan fingerprint density at radius 2 is 1.41 bits per heavy atom. The van der Waals surface area contributed by atoms with Gasteiger partial charge in [0.05, 0.1) is 8.96 Å². The second-order valence-corrected chi connectivity index (χ2v) is 14.5. The number of halogens is 2. The average molecular weight is 530 g/mol. The molecule has 2 aromatic carbocycles. The Morgan fingerprint density at radius 3 is 1.83 bits per heavy atom. The lowest BCUT2D eigenvalue weighted by Gasteiger charge is -2.43. The smallest absolute Gasteiger partial charge is 0.261 e. The molecule has 2 rings (SSSR count). The SMILES string of the molecule is CC#CC(C#CCCO[Si](c1ccccc1)(c1ccccc1)C(C)(C)C)=C(Br)Br. The van der Waals surface area contributed by atoms with Crippen molar-refractivity contribution in [1.82, 2.24) is 0 Å². The molecule has 0 saturated heterocycles. The molecule has 0 N–H and O–H groups in total. The van der Waals surface area contributed by atoms with E-state index in [0.717, 1.165) is 8.96 Å². The van der Waals surface area contributed by atoms with Gasteiger partial charge in [0.25, 0.3) is 8.32 Å². The molecule has 1 nitrogen and oxygen atoms in total. The van der Waals surface area contributed by atoms with Gasteiger partial charge in [-0.15, -0.1) is 5.92 Å². The van der Waals surface area contributed by atoms with Gasteiger partial charge in [-0.3, -0.25) is 0 Å². The van der Waals surface area contributed by atoms with Gasteiger partial charge in [-0.25, -0.2) is 0 Å². The molecule has 4 heteroatoms. The minimum atomic E-state index is -2.49. The van der Waals surface area contributed by atoms with E-state index in [9.17, 15) is 0 Å². The van der Waals surface area contributed by atoms with Crippen LogP contribution in [0.25, 0.3) is 0 Å². The van der Waals surface area contributed by atoms with Gasteiger partial charge in [-0.05, 0) is 54.2 Å². The van der Waals surface area contributed by atoms with Crippen LogP contribution in [0.3, 0.4) is 0 Å². The number of rotatable bonds is 5. The maximum atomic E-state index is 6.83. The first-order valence-electron chi connectivity index (χ1n) is 9.55. The largest absolute Gasteiger partial charge is 0.406 e. The first-order chi connectivity index (χ1) is 13.8. The highest BCUT2D eigenvalue weighted by atomic mass is 79.9. The Labute approximate surface area is 193 Å². The zero-order valence-corrected chi connectivity index (χ0v) is 21.5. The quantitative estimate of drug-likeness (QED) is 0.263. The summed E-state index contributed by atoms with van der Waals surface area (Å²) in [7, 11) is -2.49. The highest BCUT2D eigenvalue weighted by Crippen LogP contribution is 2.36. The highest BCUT2D eigenvalue weighted by Gasteiger charge is 2.49. The van der Waals surface area contributed by atoms with Gasteiger partial charge in [0.15, 0.2) is 0 Å². The lowest BCUT2D eigenvalue weighted by molar-refractivity contribution is 0.306. The third-order valence-electron chi connectivity index (χ3n) is 4.61. The molecule has 150 valence electrons. The molecule has 0 saturated carbocycles. The maximum Gasteiger partial charge on any atom is 0.261 e. The van der Waals surface area contributed by atoms with Gasteiger partial charge in [0.2, 0.25) is 0 Å². The zero-order chi connectivity index (χ0) is 21.3. The van der Waals surface area contributed by atoms with Crippen molar-refractivity contribution in [1.29, 1.82) is 0 Å². The number of benzene rings is 2.